The lowest BCUT2D eigenvalue weighted by atomic mass is 9.97. The third kappa shape index (κ3) is 5.22. The quantitative estimate of drug-likeness (QED) is 0.184. The zero-order chi connectivity index (χ0) is 37.5. The highest BCUT2D eigenvalue weighted by Crippen LogP contribution is 2.43. The lowest BCUT2D eigenvalue weighted by Gasteiger charge is -2.32. The molecule has 3 aromatic heterocycles. The molecule has 2 unspecified atom stereocenters. The minimum Gasteiger partial charge on any atom is -0.456 e. The van der Waals surface area contributed by atoms with Crippen LogP contribution in [0.15, 0.2) is 191 Å². The zero-order valence-electron chi connectivity index (χ0n) is 30.7. The number of aromatic nitrogens is 1. The van der Waals surface area contributed by atoms with E-state index in [4.69, 9.17) is 9.41 Å². The fourth-order valence-electron chi connectivity index (χ4n) is 8.82. The van der Waals surface area contributed by atoms with Crippen molar-refractivity contribution in [2.75, 3.05) is 0 Å². The van der Waals surface area contributed by atoms with E-state index < -0.39 is 0 Å². The standard InChI is InChI=1S/C51H34N4OS/c1-3-12-31(13-4-1)49-52-50(32-14-5-2-6-15-32)54-51(53-49)34-23-27-46-41(28-34)48-36(18-11-21-47(48)57-46)33-22-25-39-40-26-24-35(30-45(40)56-44(39)29-33)55-42-19-9-7-16-37(42)38-17-8-10-20-43(38)55/h1-30,49,51,53H,(H,52,54). The van der Waals surface area contributed by atoms with Crippen molar-refractivity contribution < 1.29 is 4.42 Å². The Kier molecular flexibility index (Phi) is 7.24. The number of hydrogen-bond donors (Lipinski definition) is 2. The highest BCUT2D eigenvalue weighted by molar-refractivity contribution is 7.25. The number of nitrogens with one attached hydrogen (secondary N) is 2. The summed E-state index contributed by atoms with van der Waals surface area (Å²) in [7, 11) is 0. The largest absolute Gasteiger partial charge is 0.456 e. The van der Waals surface area contributed by atoms with Gasteiger partial charge in [-0.2, -0.15) is 0 Å². The van der Waals surface area contributed by atoms with Crippen LogP contribution in [0.2, 0.25) is 0 Å². The summed E-state index contributed by atoms with van der Waals surface area (Å²) in [6.45, 7) is 0. The van der Waals surface area contributed by atoms with Crippen molar-refractivity contribution in [3.8, 4) is 16.8 Å². The maximum Gasteiger partial charge on any atom is 0.137 e. The number of amidine groups is 1. The van der Waals surface area contributed by atoms with Crippen LogP contribution in [0.25, 0.3) is 80.7 Å². The highest BCUT2D eigenvalue weighted by atomic mass is 32.1. The molecule has 0 saturated heterocycles. The van der Waals surface area contributed by atoms with E-state index in [0.717, 1.165) is 50.2 Å². The molecule has 0 fully saturated rings. The number of thiophene rings is 1. The zero-order valence-corrected chi connectivity index (χ0v) is 31.5. The Morgan fingerprint density at radius 1 is 0.509 bits per heavy atom. The van der Waals surface area contributed by atoms with Crippen LogP contribution in [0.5, 0.6) is 0 Å². The van der Waals surface area contributed by atoms with E-state index in [1.165, 1.54) is 53.1 Å². The van der Waals surface area contributed by atoms with Gasteiger partial charge >= 0.3 is 0 Å². The molecule has 0 saturated carbocycles. The number of nitrogens with zero attached hydrogens (tertiary/aromatic N) is 2. The van der Waals surface area contributed by atoms with Crippen molar-refractivity contribution in [1.29, 1.82) is 0 Å². The molecular weight excluding hydrogens is 717 g/mol. The van der Waals surface area contributed by atoms with Crippen molar-refractivity contribution >= 4 is 81.1 Å². The average Bonchev–Trinajstić information content (AvgIpc) is 3.95. The maximum atomic E-state index is 6.71. The Labute approximate surface area is 332 Å². The van der Waals surface area contributed by atoms with Crippen LogP contribution >= 0.6 is 11.3 Å². The number of furan rings is 1. The van der Waals surface area contributed by atoms with E-state index in [1.807, 2.05) is 17.4 Å². The van der Waals surface area contributed by atoms with Gasteiger partial charge < -0.3 is 14.3 Å². The van der Waals surface area contributed by atoms with Crippen LogP contribution in [-0.2, 0) is 0 Å². The van der Waals surface area contributed by atoms with Crippen LogP contribution in [0.3, 0.4) is 0 Å². The predicted molar refractivity (Wildman–Crippen MR) is 238 cm³/mol. The summed E-state index contributed by atoms with van der Waals surface area (Å²) in [5, 5.41) is 14.7. The van der Waals surface area contributed by atoms with E-state index in [2.05, 4.69) is 191 Å². The molecule has 11 aromatic rings. The second-order valence-electron chi connectivity index (χ2n) is 14.8. The SMILES string of the molecule is c1ccc(C2=NC(c3ccc4sc5cccc(-c6ccc7c(c6)oc6cc(-n8c9ccccc9c9ccccc98)ccc67)c5c4c3)NC(c3ccccc3)N2)cc1. The summed E-state index contributed by atoms with van der Waals surface area (Å²) >= 11 is 1.84. The van der Waals surface area contributed by atoms with Gasteiger partial charge in [0.15, 0.2) is 0 Å². The minimum atomic E-state index is -0.238. The lowest BCUT2D eigenvalue weighted by Crippen LogP contribution is -2.44. The van der Waals surface area contributed by atoms with Gasteiger partial charge in [0.1, 0.15) is 29.3 Å². The van der Waals surface area contributed by atoms with E-state index >= 15 is 0 Å². The predicted octanol–water partition coefficient (Wildman–Crippen LogP) is 13.1. The maximum absolute atomic E-state index is 6.71. The Bertz CT molecular complexity index is 3320. The molecule has 5 nitrogen and oxygen atoms in total. The van der Waals surface area contributed by atoms with Gasteiger partial charge in [-0.05, 0) is 76.9 Å². The summed E-state index contributed by atoms with van der Waals surface area (Å²) < 4.78 is 11.6. The number of hydrogen-bond acceptors (Lipinski definition) is 5. The third-order valence-electron chi connectivity index (χ3n) is 11.5. The monoisotopic (exact) mass is 750 g/mol. The smallest absolute Gasteiger partial charge is 0.137 e. The first-order valence-corrected chi connectivity index (χ1v) is 20.2. The van der Waals surface area contributed by atoms with Gasteiger partial charge in [0, 0.05) is 59.0 Å². The van der Waals surface area contributed by atoms with Gasteiger partial charge in [-0.25, -0.2) is 4.99 Å². The molecule has 8 aromatic carbocycles. The minimum absolute atomic E-state index is 0.0945. The second-order valence-corrected chi connectivity index (χ2v) is 15.9. The van der Waals surface area contributed by atoms with Gasteiger partial charge in [0.25, 0.3) is 0 Å². The summed E-state index contributed by atoms with van der Waals surface area (Å²) in [5.74, 6) is 0.880. The van der Waals surface area contributed by atoms with E-state index in [0.29, 0.717) is 0 Å². The van der Waals surface area contributed by atoms with Crippen molar-refractivity contribution in [2.45, 2.75) is 12.3 Å². The van der Waals surface area contributed by atoms with E-state index in [9.17, 15) is 0 Å². The topological polar surface area (TPSA) is 54.5 Å². The van der Waals surface area contributed by atoms with Crippen molar-refractivity contribution in [1.82, 2.24) is 15.2 Å². The molecule has 270 valence electrons. The van der Waals surface area contributed by atoms with Crippen LogP contribution in [0.1, 0.15) is 29.0 Å². The van der Waals surface area contributed by atoms with Gasteiger partial charge in [-0.3, -0.25) is 5.32 Å². The number of para-hydroxylation sites is 2. The summed E-state index contributed by atoms with van der Waals surface area (Å²) in [4.78, 5) is 5.24. The summed E-state index contributed by atoms with van der Waals surface area (Å²) in [6, 6.07) is 64.9. The van der Waals surface area contributed by atoms with Crippen molar-refractivity contribution in [2.24, 2.45) is 4.99 Å². The molecule has 2 atom stereocenters. The molecule has 0 aliphatic carbocycles. The van der Waals surface area contributed by atoms with Gasteiger partial charge in [-0.1, -0.05) is 121 Å². The molecule has 0 amide bonds. The Balaban J connectivity index is 0.962. The van der Waals surface area contributed by atoms with Crippen LogP contribution in [0, 0.1) is 0 Å². The van der Waals surface area contributed by atoms with Crippen molar-refractivity contribution in [3.63, 3.8) is 0 Å². The van der Waals surface area contributed by atoms with Gasteiger partial charge in [0.05, 0.1) is 11.0 Å². The molecule has 0 spiro atoms. The Morgan fingerprint density at radius 3 is 2.00 bits per heavy atom. The molecular formula is C51H34N4OS. The van der Waals surface area contributed by atoms with Gasteiger partial charge in [0.2, 0.25) is 0 Å². The highest BCUT2D eigenvalue weighted by Gasteiger charge is 2.26. The first-order chi connectivity index (χ1) is 28.2. The molecule has 0 bridgehead atoms. The molecule has 1 aliphatic heterocycles. The van der Waals surface area contributed by atoms with Crippen LogP contribution < -0.4 is 10.6 Å². The number of fused-ring (bicyclic) bond motifs is 9. The molecule has 1 aliphatic rings. The molecule has 6 heteroatoms. The van der Waals surface area contributed by atoms with Crippen LogP contribution in [-0.4, -0.2) is 10.4 Å². The molecule has 0 radical (unpaired) electrons. The summed E-state index contributed by atoms with van der Waals surface area (Å²) in [5.41, 5.74) is 10.9. The van der Waals surface area contributed by atoms with Crippen LogP contribution in [0.4, 0.5) is 0 Å². The number of benzene rings is 8. The average molecular weight is 751 g/mol. The summed E-state index contributed by atoms with van der Waals surface area (Å²) in [6.07, 6.45) is -0.333. The number of aliphatic imine (C=N–C) groups is 1. The lowest BCUT2D eigenvalue weighted by molar-refractivity contribution is 0.409. The molecule has 12 rings (SSSR count). The third-order valence-corrected chi connectivity index (χ3v) is 12.6. The molecule has 4 heterocycles. The number of rotatable bonds is 5. The fraction of sp³-hybridized carbons (Fsp3) is 0.0392. The Hall–Kier alpha value is -6.99. The van der Waals surface area contributed by atoms with E-state index in [1.54, 1.807) is 0 Å². The Morgan fingerprint density at radius 2 is 1.21 bits per heavy atom. The van der Waals surface area contributed by atoms with Gasteiger partial charge in [-0.15, -0.1) is 11.3 Å². The molecule has 2 N–H and O–H groups in total. The second kappa shape index (κ2) is 12.8. The van der Waals surface area contributed by atoms with E-state index in [-0.39, 0.29) is 12.3 Å². The normalized spacial score (nSPS) is 15.9. The molecule has 57 heavy (non-hydrogen) atoms. The first kappa shape index (κ1) is 32.3. The fourth-order valence-corrected chi connectivity index (χ4v) is 9.93. The first-order valence-electron chi connectivity index (χ1n) is 19.3. The van der Waals surface area contributed by atoms with Crippen molar-refractivity contribution in [3.05, 3.63) is 199 Å².